The van der Waals surface area contributed by atoms with Gasteiger partial charge in [-0.3, -0.25) is 4.90 Å². The van der Waals surface area contributed by atoms with Gasteiger partial charge >= 0.3 is 0 Å². The van der Waals surface area contributed by atoms with Crippen molar-refractivity contribution in [3.8, 4) is 0 Å². The molecule has 88 valence electrons. The summed E-state index contributed by atoms with van der Waals surface area (Å²) >= 11 is 0. The van der Waals surface area contributed by atoms with Gasteiger partial charge in [0.2, 0.25) is 0 Å². The van der Waals surface area contributed by atoms with E-state index in [0.717, 1.165) is 32.8 Å². The van der Waals surface area contributed by atoms with E-state index in [-0.39, 0.29) is 6.04 Å². The molecule has 2 aliphatic rings. The second kappa shape index (κ2) is 5.25. The SMILES string of the molecule is CN(CC1CCCO1)C1COCCC1N. The molecule has 0 radical (unpaired) electrons. The summed E-state index contributed by atoms with van der Waals surface area (Å²) < 4.78 is 11.1. The van der Waals surface area contributed by atoms with Crippen molar-refractivity contribution < 1.29 is 9.47 Å². The van der Waals surface area contributed by atoms with Gasteiger partial charge in [-0.15, -0.1) is 0 Å². The minimum absolute atomic E-state index is 0.255. The molecule has 4 heteroatoms. The molecule has 0 bridgehead atoms. The second-order valence-corrected chi connectivity index (χ2v) is 4.67. The summed E-state index contributed by atoms with van der Waals surface area (Å²) in [5.41, 5.74) is 6.09. The first-order valence-corrected chi connectivity index (χ1v) is 5.92. The number of hydrogen-bond donors (Lipinski definition) is 1. The summed E-state index contributed by atoms with van der Waals surface area (Å²) in [6.07, 6.45) is 3.77. The Bertz CT molecular complexity index is 195. The van der Waals surface area contributed by atoms with Crippen LogP contribution in [0.5, 0.6) is 0 Å². The Morgan fingerprint density at radius 2 is 2.20 bits per heavy atom. The Hall–Kier alpha value is -0.160. The smallest absolute Gasteiger partial charge is 0.0702 e. The van der Waals surface area contributed by atoms with Crippen molar-refractivity contribution in [3.63, 3.8) is 0 Å². The van der Waals surface area contributed by atoms with Gasteiger partial charge in [-0.25, -0.2) is 0 Å². The molecule has 0 spiro atoms. The molecule has 3 unspecified atom stereocenters. The van der Waals surface area contributed by atoms with E-state index in [2.05, 4.69) is 11.9 Å². The monoisotopic (exact) mass is 214 g/mol. The first-order chi connectivity index (χ1) is 7.27. The molecule has 0 aromatic carbocycles. The first kappa shape index (κ1) is 11.3. The van der Waals surface area contributed by atoms with Gasteiger partial charge in [-0.1, -0.05) is 0 Å². The quantitative estimate of drug-likeness (QED) is 0.730. The van der Waals surface area contributed by atoms with Crippen LogP contribution in [0.15, 0.2) is 0 Å². The number of likely N-dealkylation sites (N-methyl/N-ethyl adjacent to an activating group) is 1. The van der Waals surface area contributed by atoms with E-state index in [0.29, 0.717) is 12.1 Å². The Morgan fingerprint density at radius 1 is 1.33 bits per heavy atom. The van der Waals surface area contributed by atoms with Crippen LogP contribution >= 0.6 is 0 Å². The maximum Gasteiger partial charge on any atom is 0.0702 e. The fourth-order valence-electron chi connectivity index (χ4n) is 2.44. The molecule has 2 saturated heterocycles. The van der Waals surface area contributed by atoms with Crippen molar-refractivity contribution in [1.82, 2.24) is 4.90 Å². The number of rotatable bonds is 3. The summed E-state index contributed by atoms with van der Waals surface area (Å²) in [4.78, 5) is 2.31. The molecule has 2 N–H and O–H groups in total. The van der Waals surface area contributed by atoms with Gasteiger partial charge in [-0.2, -0.15) is 0 Å². The van der Waals surface area contributed by atoms with Gasteiger partial charge in [0.25, 0.3) is 0 Å². The van der Waals surface area contributed by atoms with Crippen molar-refractivity contribution in [3.05, 3.63) is 0 Å². The van der Waals surface area contributed by atoms with Gasteiger partial charge in [0, 0.05) is 31.8 Å². The topological polar surface area (TPSA) is 47.7 Å². The highest BCUT2D eigenvalue weighted by molar-refractivity contribution is 4.85. The Kier molecular flexibility index (Phi) is 3.97. The van der Waals surface area contributed by atoms with Crippen molar-refractivity contribution in [2.24, 2.45) is 5.73 Å². The summed E-state index contributed by atoms with van der Waals surface area (Å²) in [6.45, 7) is 3.49. The third kappa shape index (κ3) is 2.91. The normalized spacial score (nSPS) is 37.4. The van der Waals surface area contributed by atoms with E-state index in [1.54, 1.807) is 0 Å². The van der Waals surface area contributed by atoms with Crippen LogP contribution in [0, 0.1) is 0 Å². The molecular weight excluding hydrogens is 192 g/mol. The van der Waals surface area contributed by atoms with Crippen LogP contribution in [0.25, 0.3) is 0 Å². The highest BCUT2D eigenvalue weighted by Crippen LogP contribution is 2.16. The zero-order valence-electron chi connectivity index (χ0n) is 9.52. The van der Waals surface area contributed by atoms with Crippen LogP contribution in [-0.4, -0.2) is 56.5 Å². The molecule has 0 amide bonds. The minimum Gasteiger partial charge on any atom is -0.380 e. The molecule has 2 heterocycles. The molecule has 0 aliphatic carbocycles. The lowest BCUT2D eigenvalue weighted by Crippen LogP contribution is -2.53. The van der Waals surface area contributed by atoms with Gasteiger partial charge < -0.3 is 15.2 Å². The van der Waals surface area contributed by atoms with Crippen molar-refractivity contribution >= 4 is 0 Å². The van der Waals surface area contributed by atoms with Crippen LogP contribution in [0.2, 0.25) is 0 Å². The fourth-order valence-corrected chi connectivity index (χ4v) is 2.44. The molecule has 15 heavy (non-hydrogen) atoms. The van der Waals surface area contributed by atoms with E-state index in [4.69, 9.17) is 15.2 Å². The van der Waals surface area contributed by atoms with E-state index < -0.39 is 0 Å². The van der Waals surface area contributed by atoms with Gasteiger partial charge in [-0.05, 0) is 26.3 Å². The van der Waals surface area contributed by atoms with Crippen molar-refractivity contribution in [2.75, 3.05) is 33.4 Å². The minimum atomic E-state index is 0.255. The highest BCUT2D eigenvalue weighted by Gasteiger charge is 2.28. The number of nitrogens with zero attached hydrogens (tertiary/aromatic N) is 1. The molecule has 2 aliphatic heterocycles. The predicted molar refractivity (Wildman–Crippen MR) is 58.8 cm³/mol. The summed E-state index contributed by atoms with van der Waals surface area (Å²) in [6, 6.07) is 0.619. The van der Waals surface area contributed by atoms with Crippen LogP contribution < -0.4 is 5.73 Å². The van der Waals surface area contributed by atoms with Crippen molar-refractivity contribution in [1.29, 1.82) is 0 Å². The largest absolute Gasteiger partial charge is 0.380 e. The number of hydrogen-bond acceptors (Lipinski definition) is 4. The van der Waals surface area contributed by atoms with Gasteiger partial charge in [0.05, 0.1) is 12.7 Å². The standard InChI is InChI=1S/C11H22N2O2/c1-13(7-9-3-2-5-15-9)11-8-14-6-4-10(11)12/h9-11H,2-8,12H2,1H3. The van der Waals surface area contributed by atoms with E-state index in [1.807, 2.05) is 0 Å². The van der Waals surface area contributed by atoms with Crippen LogP contribution in [0.3, 0.4) is 0 Å². The third-order valence-electron chi connectivity index (χ3n) is 3.46. The average Bonchev–Trinajstić information content (AvgIpc) is 2.71. The lowest BCUT2D eigenvalue weighted by molar-refractivity contribution is -0.00456. The lowest BCUT2D eigenvalue weighted by atomic mass is 10.0. The molecule has 0 aromatic rings. The summed E-state index contributed by atoms with van der Waals surface area (Å²) in [7, 11) is 2.13. The number of nitrogens with two attached hydrogens (primary N) is 1. The molecule has 2 fully saturated rings. The lowest BCUT2D eigenvalue weighted by Gasteiger charge is -2.36. The maximum atomic E-state index is 6.09. The van der Waals surface area contributed by atoms with E-state index >= 15 is 0 Å². The molecule has 2 rings (SSSR count). The Labute approximate surface area is 91.7 Å². The van der Waals surface area contributed by atoms with E-state index in [1.165, 1.54) is 12.8 Å². The molecule has 0 saturated carbocycles. The third-order valence-corrected chi connectivity index (χ3v) is 3.46. The second-order valence-electron chi connectivity index (χ2n) is 4.67. The summed E-state index contributed by atoms with van der Waals surface area (Å²) in [5, 5.41) is 0. The molecule has 0 aromatic heterocycles. The zero-order valence-corrected chi connectivity index (χ0v) is 9.52. The van der Waals surface area contributed by atoms with Gasteiger partial charge in [0.1, 0.15) is 0 Å². The summed E-state index contributed by atoms with van der Waals surface area (Å²) in [5.74, 6) is 0. The van der Waals surface area contributed by atoms with Gasteiger partial charge in [0.15, 0.2) is 0 Å². The molecule has 4 nitrogen and oxygen atoms in total. The fraction of sp³-hybridized carbons (Fsp3) is 1.00. The maximum absolute atomic E-state index is 6.09. The van der Waals surface area contributed by atoms with Crippen LogP contribution in [-0.2, 0) is 9.47 Å². The van der Waals surface area contributed by atoms with E-state index in [9.17, 15) is 0 Å². The Balaban J connectivity index is 1.80. The number of ether oxygens (including phenoxy) is 2. The predicted octanol–water partition coefficient (Wildman–Crippen LogP) is 0.213. The highest BCUT2D eigenvalue weighted by atomic mass is 16.5. The first-order valence-electron chi connectivity index (χ1n) is 5.92. The molecular formula is C11H22N2O2. The van der Waals surface area contributed by atoms with Crippen LogP contribution in [0.1, 0.15) is 19.3 Å². The zero-order chi connectivity index (χ0) is 10.7. The van der Waals surface area contributed by atoms with Crippen LogP contribution in [0.4, 0.5) is 0 Å². The Morgan fingerprint density at radius 3 is 2.87 bits per heavy atom. The van der Waals surface area contributed by atoms with Crippen molar-refractivity contribution in [2.45, 2.75) is 37.5 Å². The average molecular weight is 214 g/mol. The molecule has 3 atom stereocenters.